The summed E-state index contributed by atoms with van der Waals surface area (Å²) >= 11 is 0. The minimum atomic E-state index is -0.662. The van der Waals surface area contributed by atoms with Crippen molar-refractivity contribution in [2.24, 2.45) is 0 Å². The summed E-state index contributed by atoms with van der Waals surface area (Å²) < 4.78 is 13.0. The van der Waals surface area contributed by atoms with Gasteiger partial charge in [-0.3, -0.25) is 0 Å². The highest BCUT2D eigenvalue weighted by Crippen LogP contribution is 2.19. The summed E-state index contributed by atoms with van der Waals surface area (Å²) in [5, 5.41) is 19.6. The lowest BCUT2D eigenvalue weighted by Gasteiger charge is -2.16. The van der Waals surface area contributed by atoms with Crippen molar-refractivity contribution in [2.45, 2.75) is 32.1 Å². The van der Waals surface area contributed by atoms with Crippen LogP contribution in [0.4, 0.5) is 0 Å². The van der Waals surface area contributed by atoms with Gasteiger partial charge in [-0.05, 0) is 24.6 Å². The second-order valence-corrected chi connectivity index (χ2v) is 6.44. The predicted octanol–water partition coefficient (Wildman–Crippen LogP) is 2.55. The average Bonchev–Trinajstić information content (AvgIpc) is 3.04. The van der Waals surface area contributed by atoms with Crippen molar-refractivity contribution in [1.29, 1.82) is 0 Å². The molecule has 2 aromatic carbocycles. The number of methoxy groups -OCH3 is 1. The molecule has 0 amide bonds. The molecule has 3 rings (SSSR count). The Kier molecular flexibility index (Phi) is 6.81. The third-order valence-electron chi connectivity index (χ3n) is 4.45. The summed E-state index contributed by atoms with van der Waals surface area (Å²) in [6.45, 7) is 1.11. The Hall–Kier alpha value is -2.41. The first-order valence-corrected chi connectivity index (χ1v) is 9.15. The van der Waals surface area contributed by atoms with Gasteiger partial charge in [0.1, 0.15) is 11.6 Å². The van der Waals surface area contributed by atoms with Crippen LogP contribution in [0.25, 0.3) is 11.0 Å². The van der Waals surface area contributed by atoms with Gasteiger partial charge in [-0.25, -0.2) is 4.98 Å². The zero-order valence-corrected chi connectivity index (χ0v) is 15.5. The highest BCUT2D eigenvalue weighted by Gasteiger charge is 2.14. The Balaban J connectivity index is 1.64. The maximum atomic E-state index is 10.5. The van der Waals surface area contributed by atoms with Crippen molar-refractivity contribution in [3.05, 3.63) is 59.9 Å². The molecule has 3 aromatic rings. The molecular formula is C21H26N2O4. The lowest BCUT2D eigenvalue weighted by atomic mass is 10.2. The number of aliphatic hydroxyl groups is 2. The average molecular weight is 370 g/mol. The number of hydrogen-bond donors (Lipinski definition) is 2. The first-order chi connectivity index (χ1) is 13.2. The zero-order chi connectivity index (χ0) is 19.1. The van der Waals surface area contributed by atoms with E-state index < -0.39 is 6.10 Å². The van der Waals surface area contributed by atoms with E-state index in [2.05, 4.69) is 4.98 Å². The molecule has 2 N–H and O–H groups in total. The molecule has 1 aromatic heterocycles. The molecule has 27 heavy (non-hydrogen) atoms. The third kappa shape index (κ3) is 4.86. The number of benzene rings is 2. The highest BCUT2D eigenvalue weighted by molar-refractivity contribution is 5.75. The van der Waals surface area contributed by atoms with E-state index in [1.54, 1.807) is 7.11 Å². The van der Waals surface area contributed by atoms with Gasteiger partial charge in [0.15, 0.2) is 0 Å². The van der Waals surface area contributed by atoms with E-state index in [0.29, 0.717) is 26.0 Å². The van der Waals surface area contributed by atoms with Gasteiger partial charge in [-0.15, -0.1) is 0 Å². The summed E-state index contributed by atoms with van der Waals surface area (Å²) in [6.07, 6.45) is 0.647. The van der Waals surface area contributed by atoms with E-state index in [1.807, 2.05) is 53.1 Å². The number of aryl methyl sites for hydroxylation is 1. The lowest BCUT2D eigenvalue weighted by Crippen LogP contribution is -2.23. The lowest BCUT2D eigenvalue weighted by molar-refractivity contribution is 0.0199. The van der Waals surface area contributed by atoms with Crippen molar-refractivity contribution in [2.75, 3.05) is 20.3 Å². The zero-order valence-electron chi connectivity index (χ0n) is 15.5. The van der Waals surface area contributed by atoms with Crippen LogP contribution in [0.3, 0.4) is 0 Å². The number of aromatic nitrogens is 2. The number of para-hydroxylation sites is 3. The maximum absolute atomic E-state index is 10.5. The van der Waals surface area contributed by atoms with Crippen LogP contribution in [0.2, 0.25) is 0 Å². The van der Waals surface area contributed by atoms with Crippen LogP contribution in [-0.2, 0) is 24.3 Å². The van der Waals surface area contributed by atoms with Crippen LogP contribution >= 0.6 is 0 Å². The number of rotatable bonds is 10. The van der Waals surface area contributed by atoms with Crippen LogP contribution in [0.5, 0.6) is 5.75 Å². The summed E-state index contributed by atoms with van der Waals surface area (Å²) in [4.78, 5) is 4.64. The minimum absolute atomic E-state index is 0.119. The fourth-order valence-corrected chi connectivity index (χ4v) is 3.15. The van der Waals surface area contributed by atoms with E-state index in [0.717, 1.165) is 28.2 Å². The first kappa shape index (κ1) is 19.4. The fraction of sp³-hybridized carbons (Fsp3) is 0.381. The molecule has 0 radical (unpaired) electrons. The Bertz CT molecular complexity index is 862. The number of fused-ring (bicyclic) bond motifs is 1. The molecular weight excluding hydrogens is 344 g/mol. The van der Waals surface area contributed by atoms with Crippen molar-refractivity contribution in [3.8, 4) is 5.75 Å². The second-order valence-electron chi connectivity index (χ2n) is 6.44. The normalized spacial score (nSPS) is 12.4. The van der Waals surface area contributed by atoms with Gasteiger partial charge < -0.3 is 24.3 Å². The number of nitrogens with zero attached hydrogens (tertiary/aromatic N) is 2. The van der Waals surface area contributed by atoms with Crippen LogP contribution in [-0.4, -0.2) is 46.2 Å². The molecule has 0 saturated carbocycles. The van der Waals surface area contributed by atoms with Crippen molar-refractivity contribution < 1.29 is 19.7 Å². The third-order valence-corrected chi connectivity index (χ3v) is 4.45. The minimum Gasteiger partial charge on any atom is -0.496 e. The topological polar surface area (TPSA) is 76.7 Å². The van der Waals surface area contributed by atoms with Crippen molar-refractivity contribution in [1.82, 2.24) is 9.55 Å². The molecule has 0 aliphatic rings. The van der Waals surface area contributed by atoms with E-state index in [4.69, 9.17) is 14.6 Å². The Labute approximate surface area is 159 Å². The Morgan fingerprint density at radius 2 is 1.89 bits per heavy atom. The van der Waals surface area contributed by atoms with Crippen molar-refractivity contribution in [3.63, 3.8) is 0 Å². The van der Waals surface area contributed by atoms with Crippen LogP contribution in [0.15, 0.2) is 48.5 Å². The molecule has 0 saturated heterocycles. The standard InChI is InChI=1S/C21H26N2O4/c1-26-20-10-5-2-7-16(20)14-27-15-17(25)13-23-19-9-4-3-8-18(19)22-21(23)11-6-12-24/h2-5,7-10,17,24-25H,6,11-15H2,1H3. The first-order valence-electron chi connectivity index (χ1n) is 9.15. The summed E-state index contributed by atoms with van der Waals surface area (Å²) in [6, 6.07) is 15.5. The van der Waals surface area contributed by atoms with Gasteiger partial charge in [0.05, 0.1) is 44.0 Å². The molecule has 6 nitrogen and oxygen atoms in total. The highest BCUT2D eigenvalue weighted by atomic mass is 16.5. The van der Waals surface area contributed by atoms with Crippen LogP contribution < -0.4 is 4.74 Å². The molecule has 0 aliphatic carbocycles. The van der Waals surface area contributed by atoms with Crippen molar-refractivity contribution >= 4 is 11.0 Å². The fourth-order valence-electron chi connectivity index (χ4n) is 3.15. The molecule has 0 spiro atoms. The molecule has 0 fully saturated rings. The molecule has 6 heteroatoms. The molecule has 0 aliphatic heterocycles. The van der Waals surface area contributed by atoms with E-state index in [1.165, 1.54) is 0 Å². The van der Waals surface area contributed by atoms with Gasteiger partial charge in [-0.1, -0.05) is 30.3 Å². The number of aliphatic hydroxyl groups excluding tert-OH is 2. The summed E-state index contributed by atoms with van der Waals surface area (Å²) in [7, 11) is 1.63. The van der Waals surface area contributed by atoms with Gasteiger partial charge in [0.25, 0.3) is 0 Å². The van der Waals surface area contributed by atoms with Gasteiger partial charge in [0, 0.05) is 18.6 Å². The number of imidazole rings is 1. The number of hydrogen-bond acceptors (Lipinski definition) is 5. The summed E-state index contributed by atoms with van der Waals surface area (Å²) in [5.74, 6) is 1.65. The Morgan fingerprint density at radius 1 is 1.11 bits per heavy atom. The Morgan fingerprint density at radius 3 is 2.70 bits per heavy atom. The quantitative estimate of drug-likeness (QED) is 0.574. The largest absolute Gasteiger partial charge is 0.496 e. The molecule has 1 heterocycles. The molecule has 144 valence electrons. The molecule has 1 atom stereocenters. The van der Waals surface area contributed by atoms with E-state index in [-0.39, 0.29) is 13.2 Å². The van der Waals surface area contributed by atoms with Gasteiger partial charge in [-0.2, -0.15) is 0 Å². The molecule has 1 unspecified atom stereocenters. The van der Waals surface area contributed by atoms with Gasteiger partial charge in [0.2, 0.25) is 0 Å². The van der Waals surface area contributed by atoms with Crippen LogP contribution in [0, 0.1) is 0 Å². The monoisotopic (exact) mass is 370 g/mol. The van der Waals surface area contributed by atoms with Gasteiger partial charge >= 0.3 is 0 Å². The number of ether oxygens (including phenoxy) is 2. The maximum Gasteiger partial charge on any atom is 0.124 e. The van der Waals surface area contributed by atoms with E-state index in [9.17, 15) is 5.11 Å². The second kappa shape index (κ2) is 9.50. The van der Waals surface area contributed by atoms with Crippen LogP contribution in [0.1, 0.15) is 17.8 Å². The SMILES string of the molecule is COc1ccccc1COCC(O)Cn1c(CCCO)nc2ccccc21. The predicted molar refractivity (Wildman–Crippen MR) is 104 cm³/mol. The van der Waals surface area contributed by atoms with E-state index >= 15 is 0 Å². The smallest absolute Gasteiger partial charge is 0.124 e. The molecule has 0 bridgehead atoms. The summed E-state index contributed by atoms with van der Waals surface area (Å²) in [5.41, 5.74) is 2.82.